The maximum absolute atomic E-state index is 14.2. The average molecular weight is 466 g/mol. The lowest BCUT2D eigenvalue weighted by Gasteiger charge is -2.23. The maximum atomic E-state index is 14.2. The topological polar surface area (TPSA) is 127 Å². The Morgan fingerprint density at radius 2 is 2.24 bits per heavy atom. The first-order valence-electron chi connectivity index (χ1n) is 11.2. The zero-order valence-corrected chi connectivity index (χ0v) is 19.2. The van der Waals surface area contributed by atoms with Crippen LogP contribution in [0.25, 0.3) is 16.9 Å². The number of aromatic nitrogens is 3. The lowest BCUT2D eigenvalue weighted by atomic mass is 10.0. The summed E-state index contributed by atoms with van der Waals surface area (Å²) >= 11 is 0. The molecule has 10 heteroatoms. The molecule has 0 aliphatic carbocycles. The van der Waals surface area contributed by atoms with Crippen LogP contribution in [0.1, 0.15) is 36.2 Å². The van der Waals surface area contributed by atoms with Gasteiger partial charge >= 0.3 is 0 Å². The summed E-state index contributed by atoms with van der Waals surface area (Å²) in [6.45, 7) is 4.94. The highest BCUT2D eigenvalue weighted by Gasteiger charge is 2.27. The van der Waals surface area contributed by atoms with Gasteiger partial charge in [-0.15, -0.1) is 0 Å². The molecule has 0 spiro atoms. The van der Waals surface area contributed by atoms with E-state index in [1.54, 1.807) is 16.6 Å². The fourth-order valence-corrected chi connectivity index (χ4v) is 3.85. The van der Waals surface area contributed by atoms with Gasteiger partial charge in [-0.25, -0.2) is 8.91 Å². The number of carbonyl (C=O) groups excluding carboxylic acids is 1. The first kappa shape index (κ1) is 23.6. The van der Waals surface area contributed by atoms with Crippen LogP contribution in [0.4, 0.5) is 10.1 Å². The van der Waals surface area contributed by atoms with Crippen molar-refractivity contribution in [1.29, 1.82) is 5.26 Å². The van der Waals surface area contributed by atoms with Gasteiger partial charge < -0.3 is 21.1 Å². The standard InChI is InChI=1S/C24H28FN7O2/c1-24(2,34)22(25)14-30-23(33)18-13-29-20(8-19(18)28-11-15-5-6-27-10-15)21-4-3-17-7-16(9-26)12-31-32(17)21/h3-4,7-8,12-13,15,22,27,34H,5-6,10-11,14H2,1-2H3,(H,28,29)(H,30,33)/t15-,22+/m0/s1. The van der Waals surface area contributed by atoms with Crippen LogP contribution in [0.5, 0.6) is 0 Å². The molecule has 178 valence electrons. The predicted octanol–water partition coefficient (Wildman–Crippen LogP) is 2.13. The Morgan fingerprint density at radius 1 is 1.41 bits per heavy atom. The number of carbonyl (C=O) groups is 1. The van der Waals surface area contributed by atoms with Crippen molar-refractivity contribution in [2.24, 2.45) is 5.92 Å². The molecule has 1 saturated heterocycles. The predicted molar refractivity (Wildman–Crippen MR) is 126 cm³/mol. The molecule has 1 amide bonds. The molecule has 0 saturated carbocycles. The highest BCUT2D eigenvalue weighted by atomic mass is 19.1. The molecule has 4 N–H and O–H groups in total. The van der Waals surface area contributed by atoms with Gasteiger partial charge in [0.05, 0.1) is 52.1 Å². The molecule has 1 fully saturated rings. The summed E-state index contributed by atoms with van der Waals surface area (Å²) in [4.78, 5) is 17.3. The summed E-state index contributed by atoms with van der Waals surface area (Å²) in [5.74, 6) is -0.0482. The van der Waals surface area contributed by atoms with Gasteiger partial charge in [0, 0.05) is 12.7 Å². The van der Waals surface area contributed by atoms with Crippen molar-refractivity contribution in [3.05, 3.63) is 47.8 Å². The van der Waals surface area contributed by atoms with E-state index in [0.717, 1.165) is 25.0 Å². The molecule has 0 bridgehead atoms. The van der Waals surface area contributed by atoms with Gasteiger partial charge in [-0.2, -0.15) is 10.4 Å². The minimum absolute atomic E-state index is 0.290. The van der Waals surface area contributed by atoms with Crippen LogP contribution in [0.2, 0.25) is 0 Å². The summed E-state index contributed by atoms with van der Waals surface area (Å²) in [6, 6.07) is 9.30. The summed E-state index contributed by atoms with van der Waals surface area (Å²) in [5.41, 5.74) is 1.84. The second-order valence-electron chi connectivity index (χ2n) is 9.10. The van der Waals surface area contributed by atoms with Crippen molar-refractivity contribution in [3.8, 4) is 17.5 Å². The van der Waals surface area contributed by atoms with Gasteiger partial charge in [-0.1, -0.05) is 0 Å². The summed E-state index contributed by atoms with van der Waals surface area (Å²) in [5, 5.41) is 32.5. The van der Waals surface area contributed by atoms with Crippen molar-refractivity contribution >= 4 is 17.1 Å². The van der Waals surface area contributed by atoms with E-state index in [1.807, 2.05) is 12.1 Å². The number of hydrogen-bond acceptors (Lipinski definition) is 7. The summed E-state index contributed by atoms with van der Waals surface area (Å²) in [6.07, 6.45) is 2.37. The number of nitrogens with one attached hydrogen (secondary N) is 3. The van der Waals surface area contributed by atoms with Crippen molar-refractivity contribution in [2.75, 3.05) is 31.5 Å². The molecule has 1 aliphatic heterocycles. The number of alkyl halides is 1. The van der Waals surface area contributed by atoms with Gasteiger partial charge in [-0.05, 0) is 63.5 Å². The quantitative estimate of drug-likeness (QED) is 0.401. The molecule has 3 aromatic heterocycles. The minimum atomic E-state index is -1.61. The lowest BCUT2D eigenvalue weighted by Crippen LogP contribution is -2.42. The van der Waals surface area contributed by atoms with Gasteiger partial charge in [0.25, 0.3) is 5.91 Å². The number of pyridine rings is 1. The molecule has 1 aliphatic rings. The number of anilines is 1. The average Bonchev–Trinajstić information content (AvgIpc) is 3.49. The van der Waals surface area contributed by atoms with Gasteiger partial charge in [0.2, 0.25) is 0 Å². The van der Waals surface area contributed by atoms with Crippen LogP contribution in [-0.2, 0) is 0 Å². The largest absolute Gasteiger partial charge is 0.387 e. The molecule has 0 radical (unpaired) electrons. The molecular weight excluding hydrogens is 437 g/mol. The summed E-state index contributed by atoms with van der Waals surface area (Å²) < 4.78 is 15.8. The third-order valence-corrected chi connectivity index (χ3v) is 5.99. The normalized spacial score (nSPS) is 16.9. The van der Waals surface area contributed by atoms with Crippen LogP contribution in [0.15, 0.2) is 36.7 Å². The van der Waals surface area contributed by atoms with E-state index in [1.165, 1.54) is 26.2 Å². The van der Waals surface area contributed by atoms with Gasteiger partial charge in [-0.3, -0.25) is 9.78 Å². The van der Waals surface area contributed by atoms with Crippen molar-refractivity contribution < 1.29 is 14.3 Å². The number of aliphatic hydroxyl groups is 1. The fraction of sp³-hybridized carbons (Fsp3) is 0.417. The van der Waals surface area contributed by atoms with Gasteiger partial charge in [0.1, 0.15) is 12.2 Å². The highest BCUT2D eigenvalue weighted by molar-refractivity contribution is 6.00. The Morgan fingerprint density at radius 3 is 2.94 bits per heavy atom. The van der Waals surface area contributed by atoms with Crippen molar-refractivity contribution in [1.82, 2.24) is 25.2 Å². The Kier molecular flexibility index (Phi) is 6.77. The second-order valence-corrected chi connectivity index (χ2v) is 9.10. The van der Waals surface area contributed by atoms with E-state index >= 15 is 0 Å². The molecule has 4 heterocycles. The third-order valence-electron chi connectivity index (χ3n) is 5.99. The van der Waals surface area contributed by atoms with Crippen LogP contribution in [-0.4, -0.2) is 63.6 Å². The third kappa shape index (κ3) is 5.16. The monoisotopic (exact) mass is 465 g/mol. The van der Waals surface area contributed by atoms with Crippen molar-refractivity contribution in [3.63, 3.8) is 0 Å². The zero-order chi connectivity index (χ0) is 24.3. The minimum Gasteiger partial charge on any atom is -0.387 e. The lowest BCUT2D eigenvalue weighted by molar-refractivity contribution is -0.00177. The Hall–Kier alpha value is -3.55. The Balaban J connectivity index is 1.62. The first-order chi connectivity index (χ1) is 16.3. The molecule has 0 aromatic carbocycles. The van der Waals surface area contributed by atoms with Crippen molar-refractivity contribution in [2.45, 2.75) is 32.0 Å². The Labute approximate surface area is 197 Å². The fourth-order valence-electron chi connectivity index (χ4n) is 3.85. The highest BCUT2D eigenvalue weighted by Crippen LogP contribution is 2.26. The van der Waals surface area contributed by atoms with Crippen LogP contribution < -0.4 is 16.0 Å². The number of nitrogens with zero attached hydrogens (tertiary/aromatic N) is 4. The number of hydrogen-bond donors (Lipinski definition) is 4. The SMILES string of the molecule is CC(C)(O)[C@H](F)CNC(=O)c1cnc(-c2ccc3cc(C#N)cnn23)cc1NC[C@H]1CCNC1. The second kappa shape index (κ2) is 9.75. The van der Waals surface area contributed by atoms with E-state index in [0.29, 0.717) is 40.7 Å². The first-order valence-corrected chi connectivity index (χ1v) is 11.2. The summed E-state index contributed by atoms with van der Waals surface area (Å²) in [7, 11) is 0. The number of nitriles is 1. The number of fused-ring (bicyclic) bond motifs is 1. The molecule has 2 atom stereocenters. The number of halogens is 1. The van der Waals surface area contributed by atoms with Crippen LogP contribution in [0.3, 0.4) is 0 Å². The molecular formula is C24H28FN7O2. The van der Waals surface area contributed by atoms with E-state index in [9.17, 15) is 14.3 Å². The van der Waals surface area contributed by atoms with E-state index in [2.05, 4.69) is 32.1 Å². The number of amides is 1. The smallest absolute Gasteiger partial charge is 0.255 e. The van der Waals surface area contributed by atoms with E-state index in [4.69, 9.17) is 5.26 Å². The molecule has 3 aromatic rings. The maximum Gasteiger partial charge on any atom is 0.255 e. The molecule has 9 nitrogen and oxygen atoms in total. The molecule has 4 rings (SSSR count). The van der Waals surface area contributed by atoms with E-state index in [-0.39, 0.29) is 6.54 Å². The molecule has 0 unspecified atom stereocenters. The van der Waals surface area contributed by atoms with Crippen LogP contribution >= 0.6 is 0 Å². The Bertz CT molecular complexity index is 1220. The van der Waals surface area contributed by atoms with Crippen LogP contribution in [0, 0.1) is 17.2 Å². The zero-order valence-electron chi connectivity index (χ0n) is 19.2. The number of rotatable bonds is 8. The van der Waals surface area contributed by atoms with Gasteiger partial charge in [0.15, 0.2) is 0 Å². The molecule has 34 heavy (non-hydrogen) atoms. The van der Waals surface area contributed by atoms with E-state index < -0.39 is 17.7 Å².